The van der Waals surface area contributed by atoms with Crippen molar-refractivity contribution < 1.29 is 0 Å². The highest BCUT2D eigenvalue weighted by Crippen LogP contribution is 2.13. The number of halogens is 1. The Morgan fingerprint density at radius 2 is 2.06 bits per heavy atom. The number of hydrogen-bond donors (Lipinski definition) is 2. The second-order valence-corrected chi connectivity index (χ2v) is 6.10. The largest absolute Gasteiger partial charge is 0.356 e. The summed E-state index contributed by atoms with van der Waals surface area (Å²) in [7, 11) is 4.03. The van der Waals surface area contributed by atoms with Crippen LogP contribution < -0.4 is 10.6 Å². The Bertz CT molecular complexity index is 260. The monoisotopic (exact) mass is 368 g/mol. The van der Waals surface area contributed by atoms with Crippen LogP contribution in [-0.2, 0) is 0 Å². The van der Waals surface area contributed by atoms with Crippen molar-refractivity contribution in [2.45, 2.75) is 39.2 Å². The molecule has 1 heterocycles. The number of aliphatic imine (C=N–C) groups is 1. The van der Waals surface area contributed by atoms with Gasteiger partial charge >= 0.3 is 0 Å². The molecule has 0 spiro atoms. The highest BCUT2D eigenvalue weighted by Gasteiger charge is 2.18. The lowest BCUT2D eigenvalue weighted by Gasteiger charge is -2.31. The van der Waals surface area contributed by atoms with Crippen LogP contribution in [0, 0.1) is 5.92 Å². The number of nitrogens with zero attached hydrogens (tertiary/aromatic N) is 2. The Morgan fingerprint density at radius 1 is 1.39 bits per heavy atom. The van der Waals surface area contributed by atoms with Gasteiger partial charge in [-0.1, -0.05) is 0 Å². The van der Waals surface area contributed by atoms with E-state index in [1.165, 1.54) is 25.9 Å². The summed E-state index contributed by atoms with van der Waals surface area (Å²) in [5, 5.41) is 6.81. The molecule has 1 rings (SSSR count). The van der Waals surface area contributed by atoms with Gasteiger partial charge in [0.15, 0.2) is 5.96 Å². The Labute approximate surface area is 129 Å². The van der Waals surface area contributed by atoms with Crippen LogP contribution in [0.25, 0.3) is 0 Å². The summed E-state index contributed by atoms with van der Waals surface area (Å²) < 4.78 is 0. The maximum Gasteiger partial charge on any atom is 0.191 e. The molecule has 0 saturated carbocycles. The topological polar surface area (TPSA) is 39.7 Å². The van der Waals surface area contributed by atoms with Crippen molar-refractivity contribution in [2.24, 2.45) is 10.9 Å². The molecule has 1 unspecified atom stereocenters. The van der Waals surface area contributed by atoms with E-state index in [2.05, 4.69) is 48.3 Å². The van der Waals surface area contributed by atoms with Crippen LogP contribution in [-0.4, -0.2) is 50.1 Å². The molecule has 2 N–H and O–H groups in total. The van der Waals surface area contributed by atoms with Gasteiger partial charge in [-0.3, -0.25) is 4.99 Å². The maximum absolute atomic E-state index is 4.26. The average molecular weight is 368 g/mol. The molecule has 0 amide bonds. The van der Waals surface area contributed by atoms with Gasteiger partial charge < -0.3 is 15.5 Å². The zero-order valence-corrected chi connectivity index (χ0v) is 14.7. The average Bonchev–Trinajstić information content (AvgIpc) is 2.23. The second kappa shape index (κ2) is 8.19. The molecular formula is C13H29IN4. The molecule has 0 aromatic heterocycles. The van der Waals surface area contributed by atoms with Gasteiger partial charge in [-0.15, -0.1) is 24.0 Å². The summed E-state index contributed by atoms with van der Waals surface area (Å²) in [4.78, 5) is 6.67. The molecule has 5 heteroatoms. The highest BCUT2D eigenvalue weighted by molar-refractivity contribution is 14.0. The van der Waals surface area contributed by atoms with E-state index in [4.69, 9.17) is 0 Å². The van der Waals surface area contributed by atoms with Crippen molar-refractivity contribution in [3.8, 4) is 0 Å². The van der Waals surface area contributed by atoms with Gasteiger partial charge in [0.2, 0.25) is 0 Å². The number of rotatable bonds is 2. The van der Waals surface area contributed by atoms with Gasteiger partial charge in [0.25, 0.3) is 0 Å². The molecule has 0 aliphatic carbocycles. The Morgan fingerprint density at radius 3 is 2.56 bits per heavy atom. The van der Waals surface area contributed by atoms with E-state index >= 15 is 0 Å². The molecule has 0 bridgehead atoms. The molecule has 1 fully saturated rings. The van der Waals surface area contributed by atoms with Crippen LogP contribution in [0.15, 0.2) is 4.99 Å². The molecule has 18 heavy (non-hydrogen) atoms. The van der Waals surface area contributed by atoms with Crippen molar-refractivity contribution in [1.82, 2.24) is 15.5 Å². The van der Waals surface area contributed by atoms with Gasteiger partial charge in [0.05, 0.1) is 0 Å². The normalized spacial score (nSPS) is 22.3. The summed E-state index contributed by atoms with van der Waals surface area (Å²) in [6.45, 7) is 9.89. The minimum atomic E-state index is 0. The Hall–Kier alpha value is -0.0400. The number of nitrogens with one attached hydrogen (secondary N) is 2. The number of likely N-dealkylation sites (tertiary alicyclic amines) is 1. The van der Waals surface area contributed by atoms with Gasteiger partial charge in [-0.25, -0.2) is 0 Å². The maximum atomic E-state index is 4.26. The van der Waals surface area contributed by atoms with Crippen LogP contribution in [0.5, 0.6) is 0 Å². The lowest BCUT2D eigenvalue weighted by Crippen LogP contribution is -2.49. The van der Waals surface area contributed by atoms with Crippen LogP contribution in [0.4, 0.5) is 0 Å². The second-order valence-electron chi connectivity index (χ2n) is 6.10. The van der Waals surface area contributed by atoms with E-state index in [1.54, 1.807) is 0 Å². The molecule has 0 radical (unpaired) electrons. The molecule has 108 valence electrons. The predicted octanol–water partition coefficient (Wildman–Crippen LogP) is 1.91. The minimum Gasteiger partial charge on any atom is -0.356 e. The van der Waals surface area contributed by atoms with Gasteiger partial charge in [0, 0.05) is 25.7 Å². The standard InChI is InChI=1S/C13H28N4.HI/c1-13(2,3)16-12(14-4)15-9-11-7-6-8-17(5)10-11;/h11H,6-10H2,1-5H3,(H2,14,15,16);1H. The molecule has 1 atom stereocenters. The van der Waals surface area contributed by atoms with E-state index in [-0.39, 0.29) is 29.5 Å². The summed E-state index contributed by atoms with van der Waals surface area (Å²) in [5.41, 5.74) is 0.0607. The molecule has 0 aromatic carbocycles. The van der Waals surface area contributed by atoms with Crippen molar-refractivity contribution >= 4 is 29.9 Å². The summed E-state index contributed by atoms with van der Waals surface area (Å²) in [6.07, 6.45) is 2.64. The minimum absolute atomic E-state index is 0. The third kappa shape index (κ3) is 7.41. The quantitative estimate of drug-likeness (QED) is 0.444. The Kier molecular flexibility index (Phi) is 8.18. The molecular weight excluding hydrogens is 339 g/mol. The summed E-state index contributed by atoms with van der Waals surface area (Å²) in [6, 6.07) is 0. The number of hydrogen-bond acceptors (Lipinski definition) is 2. The van der Waals surface area contributed by atoms with Crippen LogP contribution in [0.2, 0.25) is 0 Å². The van der Waals surface area contributed by atoms with Gasteiger partial charge in [-0.05, 0) is 53.1 Å². The number of piperidine rings is 1. The van der Waals surface area contributed by atoms with Gasteiger partial charge in [0.1, 0.15) is 0 Å². The third-order valence-corrected chi connectivity index (χ3v) is 3.00. The summed E-state index contributed by atoms with van der Waals surface area (Å²) >= 11 is 0. The fourth-order valence-corrected chi connectivity index (χ4v) is 2.22. The first kappa shape index (κ1) is 18.0. The van der Waals surface area contributed by atoms with E-state index in [0.717, 1.165) is 18.4 Å². The zero-order valence-electron chi connectivity index (χ0n) is 12.4. The van der Waals surface area contributed by atoms with Crippen LogP contribution >= 0.6 is 24.0 Å². The number of guanidine groups is 1. The first-order valence-electron chi connectivity index (χ1n) is 6.58. The highest BCUT2D eigenvalue weighted by atomic mass is 127. The van der Waals surface area contributed by atoms with E-state index in [1.807, 2.05) is 7.05 Å². The van der Waals surface area contributed by atoms with E-state index in [0.29, 0.717) is 0 Å². The first-order valence-corrected chi connectivity index (χ1v) is 6.58. The van der Waals surface area contributed by atoms with Crippen molar-refractivity contribution in [1.29, 1.82) is 0 Å². The lowest BCUT2D eigenvalue weighted by atomic mass is 9.98. The fourth-order valence-electron chi connectivity index (χ4n) is 2.22. The van der Waals surface area contributed by atoms with Crippen LogP contribution in [0.3, 0.4) is 0 Å². The molecule has 0 aromatic rings. The van der Waals surface area contributed by atoms with E-state index < -0.39 is 0 Å². The summed E-state index contributed by atoms with van der Waals surface area (Å²) in [5.74, 6) is 1.65. The molecule has 1 saturated heterocycles. The van der Waals surface area contributed by atoms with Crippen molar-refractivity contribution in [3.05, 3.63) is 0 Å². The van der Waals surface area contributed by atoms with Crippen molar-refractivity contribution in [3.63, 3.8) is 0 Å². The first-order chi connectivity index (χ1) is 7.90. The van der Waals surface area contributed by atoms with E-state index in [9.17, 15) is 0 Å². The third-order valence-electron chi connectivity index (χ3n) is 3.00. The predicted molar refractivity (Wildman–Crippen MR) is 89.9 cm³/mol. The zero-order chi connectivity index (χ0) is 12.9. The Balaban J connectivity index is 0.00000289. The van der Waals surface area contributed by atoms with Crippen LogP contribution in [0.1, 0.15) is 33.6 Å². The lowest BCUT2D eigenvalue weighted by molar-refractivity contribution is 0.210. The fraction of sp³-hybridized carbons (Fsp3) is 0.923. The van der Waals surface area contributed by atoms with Crippen molar-refractivity contribution in [2.75, 3.05) is 33.7 Å². The molecule has 1 aliphatic rings. The van der Waals surface area contributed by atoms with Gasteiger partial charge in [-0.2, -0.15) is 0 Å². The molecule has 1 aliphatic heterocycles. The SMILES string of the molecule is CN=C(NCC1CCCN(C)C1)NC(C)(C)C.I. The molecule has 4 nitrogen and oxygen atoms in total. The smallest absolute Gasteiger partial charge is 0.191 e.